The molecule has 80 valence electrons. The molecule has 0 aromatic rings. The minimum Gasteiger partial charge on any atom is -0.311 e. The van der Waals surface area contributed by atoms with Gasteiger partial charge in [0, 0.05) is 5.54 Å². The number of nitriles is 1. The second-order valence-corrected chi connectivity index (χ2v) is 5.16. The lowest BCUT2D eigenvalue weighted by Gasteiger charge is -2.42. The van der Waals surface area contributed by atoms with Crippen LogP contribution in [0.25, 0.3) is 0 Å². The first-order chi connectivity index (χ1) is 6.54. The predicted molar refractivity (Wildman–Crippen MR) is 58.9 cm³/mol. The first-order valence-electron chi connectivity index (χ1n) is 5.70. The fourth-order valence-electron chi connectivity index (χ4n) is 1.95. The molecule has 0 saturated heterocycles. The minimum absolute atomic E-state index is 0.175. The molecule has 0 aliphatic heterocycles. The lowest BCUT2D eigenvalue weighted by atomic mass is 9.74. The smallest absolute Gasteiger partial charge is 0.0684 e. The van der Waals surface area contributed by atoms with Crippen LogP contribution in [0.5, 0.6) is 0 Å². The van der Waals surface area contributed by atoms with Crippen molar-refractivity contribution in [2.45, 2.75) is 58.4 Å². The maximum absolute atomic E-state index is 8.87. The third kappa shape index (κ3) is 2.72. The molecule has 1 fully saturated rings. The highest BCUT2D eigenvalue weighted by Crippen LogP contribution is 2.34. The molecule has 0 radical (unpaired) electrons. The van der Waals surface area contributed by atoms with Crippen molar-refractivity contribution in [3.05, 3.63) is 0 Å². The molecule has 0 aromatic heterocycles. The van der Waals surface area contributed by atoms with Gasteiger partial charge in [0.15, 0.2) is 0 Å². The molecule has 0 unspecified atom stereocenters. The Labute approximate surface area is 87.7 Å². The molecule has 1 aliphatic rings. The van der Waals surface area contributed by atoms with E-state index >= 15 is 0 Å². The van der Waals surface area contributed by atoms with Gasteiger partial charge in [-0.05, 0) is 52.5 Å². The number of nitrogens with zero attached hydrogens (tertiary/aromatic N) is 1. The fraction of sp³-hybridized carbons (Fsp3) is 0.917. The summed E-state index contributed by atoms with van der Waals surface area (Å²) in [5, 5.41) is 12.5. The van der Waals surface area contributed by atoms with Crippen molar-refractivity contribution in [2.75, 3.05) is 6.54 Å². The molecule has 1 N–H and O–H groups in total. The zero-order valence-electron chi connectivity index (χ0n) is 9.69. The van der Waals surface area contributed by atoms with Crippen molar-refractivity contribution in [3.8, 4) is 6.07 Å². The van der Waals surface area contributed by atoms with Gasteiger partial charge >= 0.3 is 0 Å². The average molecular weight is 194 g/mol. The van der Waals surface area contributed by atoms with Gasteiger partial charge in [0.2, 0.25) is 0 Å². The van der Waals surface area contributed by atoms with Crippen molar-refractivity contribution in [2.24, 2.45) is 5.41 Å². The van der Waals surface area contributed by atoms with Crippen molar-refractivity contribution < 1.29 is 0 Å². The SMILES string of the molecule is CCC1(NCCC(C)(C)C#N)CCC1. The summed E-state index contributed by atoms with van der Waals surface area (Å²) in [6.45, 7) is 7.25. The Bertz CT molecular complexity index is 215. The van der Waals surface area contributed by atoms with Gasteiger partial charge in [-0.1, -0.05) is 6.92 Å². The van der Waals surface area contributed by atoms with E-state index in [9.17, 15) is 0 Å². The standard InChI is InChI=1S/C12H22N2/c1-4-12(6-5-7-12)14-9-8-11(2,3)10-13/h14H,4-9H2,1-3H3. The van der Waals surface area contributed by atoms with Gasteiger partial charge in [0.05, 0.1) is 11.5 Å². The Morgan fingerprint density at radius 1 is 1.43 bits per heavy atom. The Kier molecular flexibility index (Phi) is 3.55. The normalized spacial score (nSPS) is 19.9. The summed E-state index contributed by atoms with van der Waals surface area (Å²) in [6.07, 6.45) is 6.17. The van der Waals surface area contributed by atoms with Crippen molar-refractivity contribution >= 4 is 0 Å². The average Bonchev–Trinajstić information content (AvgIpc) is 2.10. The first-order valence-corrected chi connectivity index (χ1v) is 5.70. The van der Waals surface area contributed by atoms with E-state index in [1.165, 1.54) is 25.7 Å². The van der Waals surface area contributed by atoms with Gasteiger partial charge in [-0.3, -0.25) is 0 Å². The molecule has 2 heteroatoms. The summed E-state index contributed by atoms with van der Waals surface area (Å²) in [5.74, 6) is 0. The quantitative estimate of drug-likeness (QED) is 0.730. The highest BCUT2D eigenvalue weighted by atomic mass is 15.0. The molecule has 0 bridgehead atoms. The molecule has 1 saturated carbocycles. The number of hydrogen-bond donors (Lipinski definition) is 1. The molecule has 14 heavy (non-hydrogen) atoms. The van der Waals surface area contributed by atoms with Gasteiger partial charge < -0.3 is 5.32 Å². The van der Waals surface area contributed by atoms with Crippen LogP contribution in [0.3, 0.4) is 0 Å². The van der Waals surface area contributed by atoms with Crippen LogP contribution in [0.2, 0.25) is 0 Å². The highest BCUT2D eigenvalue weighted by Gasteiger charge is 2.34. The zero-order valence-corrected chi connectivity index (χ0v) is 9.69. The van der Waals surface area contributed by atoms with Gasteiger partial charge in [-0.15, -0.1) is 0 Å². The Morgan fingerprint density at radius 2 is 2.07 bits per heavy atom. The molecule has 0 atom stereocenters. The van der Waals surface area contributed by atoms with E-state index in [1.807, 2.05) is 13.8 Å². The third-order valence-corrected chi connectivity index (χ3v) is 3.54. The topological polar surface area (TPSA) is 35.8 Å². The Balaban J connectivity index is 2.24. The summed E-state index contributed by atoms with van der Waals surface area (Å²) in [4.78, 5) is 0. The number of hydrogen-bond acceptors (Lipinski definition) is 2. The molecule has 2 nitrogen and oxygen atoms in total. The van der Waals surface area contributed by atoms with Gasteiger partial charge in [0.1, 0.15) is 0 Å². The van der Waals surface area contributed by atoms with Crippen LogP contribution in [0.4, 0.5) is 0 Å². The van der Waals surface area contributed by atoms with E-state index in [1.54, 1.807) is 0 Å². The first kappa shape index (κ1) is 11.5. The van der Waals surface area contributed by atoms with Gasteiger partial charge in [-0.2, -0.15) is 5.26 Å². The summed E-state index contributed by atoms with van der Waals surface area (Å²) in [5.41, 5.74) is 0.247. The van der Waals surface area contributed by atoms with Crippen molar-refractivity contribution in [1.82, 2.24) is 5.32 Å². The molecule has 0 heterocycles. The van der Waals surface area contributed by atoms with Gasteiger partial charge in [0.25, 0.3) is 0 Å². The molecule has 1 aliphatic carbocycles. The van der Waals surface area contributed by atoms with Crippen LogP contribution in [0.15, 0.2) is 0 Å². The monoisotopic (exact) mass is 194 g/mol. The van der Waals surface area contributed by atoms with Crippen LogP contribution < -0.4 is 5.32 Å². The van der Waals surface area contributed by atoms with E-state index in [2.05, 4.69) is 18.3 Å². The minimum atomic E-state index is -0.175. The van der Waals surface area contributed by atoms with Crippen LogP contribution in [0, 0.1) is 16.7 Å². The summed E-state index contributed by atoms with van der Waals surface area (Å²) >= 11 is 0. The molecular weight excluding hydrogens is 172 g/mol. The molecule has 0 aromatic carbocycles. The Morgan fingerprint density at radius 3 is 2.43 bits per heavy atom. The summed E-state index contributed by atoms with van der Waals surface area (Å²) in [6, 6.07) is 2.34. The second-order valence-electron chi connectivity index (χ2n) is 5.16. The zero-order chi connectivity index (χ0) is 10.7. The number of nitrogens with one attached hydrogen (secondary N) is 1. The van der Waals surface area contributed by atoms with Crippen LogP contribution in [-0.4, -0.2) is 12.1 Å². The summed E-state index contributed by atoms with van der Waals surface area (Å²) < 4.78 is 0. The fourth-order valence-corrected chi connectivity index (χ4v) is 1.95. The van der Waals surface area contributed by atoms with Crippen molar-refractivity contribution in [1.29, 1.82) is 5.26 Å². The summed E-state index contributed by atoms with van der Waals surface area (Å²) in [7, 11) is 0. The van der Waals surface area contributed by atoms with E-state index in [4.69, 9.17) is 5.26 Å². The maximum Gasteiger partial charge on any atom is 0.0684 e. The van der Waals surface area contributed by atoms with Gasteiger partial charge in [-0.25, -0.2) is 0 Å². The highest BCUT2D eigenvalue weighted by molar-refractivity contribution is 4.97. The number of rotatable bonds is 5. The lowest BCUT2D eigenvalue weighted by Crippen LogP contribution is -2.51. The molecular formula is C12H22N2. The maximum atomic E-state index is 8.87. The lowest BCUT2D eigenvalue weighted by molar-refractivity contribution is 0.172. The van der Waals surface area contributed by atoms with Crippen LogP contribution in [-0.2, 0) is 0 Å². The predicted octanol–water partition coefficient (Wildman–Crippen LogP) is 2.85. The Hall–Kier alpha value is -0.550. The largest absolute Gasteiger partial charge is 0.311 e. The molecule has 0 amide bonds. The second kappa shape index (κ2) is 4.31. The van der Waals surface area contributed by atoms with E-state index in [0.717, 1.165) is 13.0 Å². The van der Waals surface area contributed by atoms with Crippen LogP contribution in [0.1, 0.15) is 52.9 Å². The third-order valence-electron chi connectivity index (χ3n) is 3.54. The van der Waals surface area contributed by atoms with E-state index in [0.29, 0.717) is 5.54 Å². The van der Waals surface area contributed by atoms with E-state index in [-0.39, 0.29) is 5.41 Å². The molecule has 1 rings (SSSR count). The van der Waals surface area contributed by atoms with Crippen LogP contribution >= 0.6 is 0 Å². The molecule has 0 spiro atoms. The van der Waals surface area contributed by atoms with Crippen molar-refractivity contribution in [3.63, 3.8) is 0 Å². The van der Waals surface area contributed by atoms with E-state index < -0.39 is 0 Å².